The van der Waals surface area contributed by atoms with Gasteiger partial charge in [0.1, 0.15) is 5.92 Å². The molecular formula is C14H20N2O2S. The first-order valence-corrected chi connectivity index (χ1v) is 7.90. The second-order valence-electron chi connectivity index (χ2n) is 6.00. The summed E-state index contributed by atoms with van der Waals surface area (Å²) in [5.41, 5.74) is 0.965. The zero-order valence-corrected chi connectivity index (χ0v) is 12.1. The Balaban J connectivity index is 1.83. The molecule has 2 aliphatic rings. The van der Waals surface area contributed by atoms with E-state index in [4.69, 9.17) is 0 Å². The van der Waals surface area contributed by atoms with Crippen molar-refractivity contribution in [1.29, 1.82) is 0 Å². The van der Waals surface area contributed by atoms with Crippen LogP contribution in [0.15, 0.2) is 0 Å². The smallest absolute Gasteiger partial charge is 0.312 e. The van der Waals surface area contributed by atoms with Crippen LogP contribution in [0.3, 0.4) is 0 Å². The molecule has 1 aromatic rings. The molecule has 1 atom stereocenters. The molecule has 1 saturated carbocycles. The zero-order chi connectivity index (χ0) is 13.5. The summed E-state index contributed by atoms with van der Waals surface area (Å²) in [5.74, 6) is -1.13. The summed E-state index contributed by atoms with van der Waals surface area (Å²) in [6.45, 7) is 2.25. The number of hydrogen-bond donors (Lipinski definition) is 2. The Labute approximate surface area is 117 Å². The number of nitrogens with one attached hydrogen (secondary N) is 1. The van der Waals surface area contributed by atoms with Gasteiger partial charge in [-0.25, -0.2) is 4.98 Å². The number of nitrogens with zero attached hydrogens (tertiary/aromatic N) is 1. The second kappa shape index (κ2) is 4.78. The maximum absolute atomic E-state index is 11.3. The molecule has 5 heteroatoms. The molecule has 1 fully saturated rings. The van der Waals surface area contributed by atoms with Gasteiger partial charge in [-0.1, -0.05) is 12.8 Å². The number of carbonyl (C=O) groups is 1. The largest absolute Gasteiger partial charge is 0.481 e. The Morgan fingerprint density at radius 1 is 1.42 bits per heavy atom. The monoisotopic (exact) mass is 280 g/mol. The van der Waals surface area contributed by atoms with Crippen LogP contribution < -0.4 is 5.32 Å². The molecule has 104 valence electrons. The Morgan fingerprint density at radius 3 is 2.84 bits per heavy atom. The van der Waals surface area contributed by atoms with Gasteiger partial charge in [0.25, 0.3) is 0 Å². The van der Waals surface area contributed by atoms with Crippen molar-refractivity contribution in [3.8, 4) is 0 Å². The minimum Gasteiger partial charge on any atom is -0.481 e. The Hall–Kier alpha value is -1.10. The van der Waals surface area contributed by atoms with Crippen LogP contribution in [0.1, 0.15) is 61.9 Å². The molecule has 1 unspecified atom stereocenters. The highest BCUT2D eigenvalue weighted by Crippen LogP contribution is 2.39. The van der Waals surface area contributed by atoms with Crippen LogP contribution in [0.5, 0.6) is 0 Å². The predicted octanol–water partition coefficient (Wildman–Crippen LogP) is 3.39. The lowest BCUT2D eigenvalue weighted by molar-refractivity contribution is -0.139. The third-order valence-electron chi connectivity index (χ3n) is 4.37. The predicted molar refractivity (Wildman–Crippen MR) is 75.9 cm³/mol. The van der Waals surface area contributed by atoms with Gasteiger partial charge in [-0.3, -0.25) is 4.79 Å². The molecule has 0 bridgehead atoms. The lowest BCUT2D eigenvalue weighted by atomic mass is 9.91. The van der Waals surface area contributed by atoms with Gasteiger partial charge in [0.15, 0.2) is 5.13 Å². The van der Waals surface area contributed by atoms with E-state index < -0.39 is 11.9 Å². The summed E-state index contributed by atoms with van der Waals surface area (Å²) in [6.07, 6.45) is 7.57. The van der Waals surface area contributed by atoms with Crippen molar-refractivity contribution in [3.05, 3.63) is 10.6 Å². The van der Waals surface area contributed by atoms with E-state index in [9.17, 15) is 9.90 Å². The molecule has 3 rings (SSSR count). The summed E-state index contributed by atoms with van der Waals surface area (Å²) >= 11 is 1.66. The molecule has 0 aliphatic heterocycles. The third-order valence-corrected chi connectivity index (χ3v) is 5.41. The van der Waals surface area contributed by atoms with Gasteiger partial charge in [-0.2, -0.15) is 0 Å². The highest BCUT2D eigenvalue weighted by Gasteiger charge is 2.33. The lowest BCUT2D eigenvalue weighted by Crippen LogP contribution is -2.30. The molecular weight excluding hydrogens is 260 g/mol. The van der Waals surface area contributed by atoms with E-state index in [2.05, 4.69) is 17.2 Å². The lowest BCUT2D eigenvalue weighted by Gasteiger charge is -2.24. The topological polar surface area (TPSA) is 62.2 Å². The molecule has 0 saturated heterocycles. The van der Waals surface area contributed by atoms with E-state index >= 15 is 0 Å². The summed E-state index contributed by atoms with van der Waals surface area (Å²) in [7, 11) is 0. The molecule has 1 aromatic heterocycles. The molecule has 0 aromatic carbocycles. The van der Waals surface area contributed by atoms with Gasteiger partial charge in [0.2, 0.25) is 0 Å². The van der Waals surface area contributed by atoms with Crippen LogP contribution in [0, 0.1) is 0 Å². The van der Waals surface area contributed by atoms with Crippen LogP contribution >= 0.6 is 11.3 Å². The van der Waals surface area contributed by atoms with Crippen molar-refractivity contribution in [3.63, 3.8) is 0 Å². The number of fused-ring (bicyclic) bond motifs is 1. The number of anilines is 1. The number of carboxylic acid groups (broad SMARTS) is 1. The summed E-state index contributed by atoms with van der Waals surface area (Å²) in [4.78, 5) is 17.0. The normalized spacial score (nSPS) is 25.0. The highest BCUT2D eigenvalue weighted by molar-refractivity contribution is 7.15. The van der Waals surface area contributed by atoms with Gasteiger partial charge in [-0.15, -0.1) is 11.3 Å². The van der Waals surface area contributed by atoms with Crippen LogP contribution in [0.4, 0.5) is 5.13 Å². The molecule has 19 heavy (non-hydrogen) atoms. The highest BCUT2D eigenvalue weighted by atomic mass is 32.1. The van der Waals surface area contributed by atoms with Gasteiger partial charge in [0, 0.05) is 10.4 Å². The first-order chi connectivity index (χ1) is 9.07. The number of aromatic nitrogens is 1. The number of aliphatic carboxylic acids is 1. The number of aryl methyl sites for hydroxylation is 1. The molecule has 0 amide bonds. The minimum absolute atomic E-state index is 0.152. The van der Waals surface area contributed by atoms with E-state index in [-0.39, 0.29) is 5.54 Å². The minimum atomic E-state index is -0.732. The van der Waals surface area contributed by atoms with Crippen molar-refractivity contribution < 1.29 is 9.90 Å². The number of rotatable bonds is 3. The maximum Gasteiger partial charge on any atom is 0.312 e. The fourth-order valence-electron chi connectivity index (χ4n) is 3.25. The van der Waals surface area contributed by atoms with Crippen molar-refractivity contribution >= 4 is 22.4 Å². The SMILES string of the molecule is CC1(Nc2nc3c(s2)CCCC3C(=O)O)CCCC1. The maximum atomic E-state index is 11.3. The number of carboxylic acids is 1. The van der Waals surface area contributed by atoms with Crippen LogP contribution in [0.2, 0.25) is 0 Å². The molecule has 1 heterocycles. The average Bonchev–Trinajstić information content (AvgIpc) is 2.94. The van der Waals surface area contributed by atoms with Crippen molar-refractivity contribution in [2.24, 2.45) is 0 Å². The van der Waals surface area contributed by atoms with Crippen LogP contribution in [-0.4, -0.2) is 21.6 Å². The van der Waals surface area contributed by atoms with Gasteiger partial charge >= 0.3 is 5.97 Å². The van der Waals surface area contributed by atoms with E-state index in [1.165, 1.54) is 30.6 Å². The van der Waals surface area contributed by atoms with Gasteiger partial charge < -0.3 is 10.4 Å². The number of hydrogen-bond acceptors (Lipinski definition) is 4. The Kier molecular flexibility index (Phi) is 3.25. The van der Waals surface area contributed by atoms with Crippen molar-refractivity contribution in [2.75, 3.05) is 5.32 Å². The van der Waals surface area contributed by atoms with Gasteiger partial charge in [0.05, 0.1) is 5.69 Å². The summed E-state index contributed by atoms with van der Waals surface area (Å²) in [5, 5.41) is 13.7. The van der Waals surface area contributed by atoms with Crippen LogP contribution in [0.25, 0.3) is 0 Å². The van der Waals surface area contributed by atoms with Gasteiger partial charge in [-0.05, 0) is 39.0 Å². The summed E-state index contributed by atoms with van der Waals surface area (Å²) < 4.78 is 0. The van der Waals surface area contributed by atoms with E-state index in [1.54, 1.807) is 11.3 Å². The van der Waals surface area contributed by atoms with E-state index in [0.29, 0.717) is 0 Å². The Morgan fingerprint density at radius 2 is 2.16 bits per heavy atom. The second-order valence-corrected chi connectivity index (χ2v) is 7.09. The Bertz CT molecular complexity index is 492. The average molecular weight is 280 g/mol. The van der Waals surface area contributed by atoms with Crippen LogP contribution in [-0.2, 0) is 11.2 Å². The number of thiazole rings is 1. The van der Waals surface area contributed by atoms with Crippen molar-refractivity contribution in [1.82, 2.24) is 4.98 Å². The molecule has 2 N–H and O–H groups in total. The van der Waals surface area contributed by atoms with E-state index in [0.717, 1.165) is 30.1 Å². The first kappa shape index (κ1) is 12.9. The fourth-order valence-corrected chi connectivity index (χ4v) is 4.46. The molecule has 0 spiro atoms. The molecule has 0 radical (unpaired) electrons. The quantitative estimate of drug-likeness (QED) is 0.891. The zero-order valence-electron chi connectivity index (χ0n) is 11.2. The standard InChI is InChI=1S/C14H20N2O2S/c1-14(7-2-3-8-14)16-13-15-11-9(12(17)18)5-4-6-10(11)19-13/h9H,2-8H2,1H3,(H,15,16)(H,17,18). The fraction of sp³-hybridized carbons (Fsp3) is 0.714. The van der Waals surface area contributed by atoms with E-state index in [1.807, 2.05) is 0 Å². The molecule has 2 aliphatic carbocycles. The van der Waals surface area contributed by atoms with Crippen molar-refractivity contribution in [2.45, 2.75) is 63.3 Å². The molecule has 4 nitrogen and oxygen atoms in total. The summed E-state index contributed by atoms with van der Waals surface area (Å²) in [6, 6.07) is 0. The third kappa shape index (κ3) is 2.48. The first-order valence-electron chi connectivity index (χ1n) is 7.08.